The second-order valence-electron chi connectivity index (χ2n) is 5.14. The van der Waals surface area contributed by atoms with Crippen molar-refractivity contribution in [2.24, 2.45) is 3.21 Å². The fraction of sp³-hybridized carbons (Fsp3) is 0.222. The maximum absolute atomic E-state index is 12.3. The van der Waals surface area contributed by atoms with Gasteiger partial charge in [-0.15, -0.1) is 0 Å². The van der Waals surface area contributed by atoms with Crippen molar-refractivity contribution in [2.45, 2.75) is 6.42 Å². The van der Waals surface area contributed by atoms with Gasteiger partial charge >= 0.3 is 0 Å². The van der Waals surface area contributed by atoms with Crippen LogP contribution in [0.1, 0.15) is 11.1 Å². The molecule has 7 heteroatoms. The molecule has 0 aliphatic rings. The average Bonchev–Trinajstić information content (AvgIpc) is 2.63. The Kier molecular flexibility index (Phi) is 7.52. The van der Waals surface area contributed by atoms with Gasteiger partial charge in [-0.05, 0) is 36.2 Å². The van der Waals surface area contributed by atoms with Gasteiger partial charge in [0.15, 0.2) is 11.5 Å². The Hall–Kier alpha value is -1.80. The summed E-state index contributed by atoms with van der Waals surface area (Å²) in [6.07, 6.45) is 0.668. The summed E-state index contributed by atoms with van der Waals surface area (Å²) in [6, 6.07) is 12.7. The number of halogens is 2. The van der Waals surface area contributed by atoms with Crippen LogP contribution in [0.5, 0.6) is 11.5 Å². The SMILES string of the molecule is COc1ccc(CCNC(=O)/C(=N\I)c2ccc(Cl)cc2)cc1OC. The smallest absolute Gasteiger partial charge is 0.271 e. The Labute approximate surface area is 165 Å². The number of nitrogens with one attached hydrogen (secondary N) is 1. The minimum absolute atomic E-state index is 0.225. The first-order valence-electron chi connectivity index (χ1n) is 7.53. The number of methoxy groups -OCH3 is 2. The van der Waals surface area contributed by atoms with Crippen LogP contribution < -0.4 is 14.8 Å². The maximum atomic E-state index is 12.3. The number of benzene rings is 2. The molecule has 0 unspecified atom stereocenters. The summed E-state index contributed by atoms with van der Waals surface area (Å²) in [4.78, 5) is 12.3. The van der Waals surface area contributed by atoms with E-state index >= 15 is 0 Å². The first kappa shape index (κ1) is 19.5. The number of ether oxygens (including phenoxy) is 2. The first-order chi connectivity index (χ1) is 12.1. The molecule has 0 aliphatic carbocycles. The molecule has 2 aromatic carbocycles. The second kappa shape index (κ2) is 9.62. The van der Waals surface area contributed by atoms with Gasteiger partial charge in [-0.1, -0.05) is 29.8 Å². The molecular weight excluding hydrogens is 455 g/mol. The molecule has 132 valence electrons. The molecule has 1 amide bonds. The number of hydrogen-bond donors (Lipinski definition) is 1. The summed E-state index contributed by atoms with van der Waals surface area (Å²) in [5.41, 5.74) is 2.13. The lowest BCUT2D eigenvalue weighted by molar-refractivity contribution is -0.114. The van der Waals surface area contributed by atoms with Crippen molar-refractivity contribution in [3.8, 4) is 11.5 Å². The molecule has 0 aliphatic heterocycles. The number of carbonyl (C=O) groups is 1. The lowest BCUT2D eigenvalue weighted by Gasteiger charge is -2.10. The van der Waals surface area contributed by atoms with E-state index < -0.39 is 0 Å². The highest BCUT2D eigenvalue weighted by atomic mass is 127. The third kappa shape index (κ3) is 5.34. The number of amides is 1. The summed E-state index contributed by atoms with van der Waals surface area (Å²) in [5, 5.41) is 3.50. The van der Waals surface area contributed by atoms with E-state index in [1.54, 1.807) is 38.5 Å². The van der Waals surface area contributed by atoms with E-state index in [0.717, 1.165) is 11.1 Å². The van der Waals surface area contributed by atoms with Crippen molar-refractivity contribution in [3.05, 3.63) is 58.6 Å². The second-order valence-corrected chi connectivity index (χ2v) is 6.05. The molecule has 0 fully saturated rings. The van der Waals surface area contributed by atoms with E-state index in [4.69, 9.17) is 21.1 Å². The van der Waals surface area contributed by atoms with Crippen LogP contribution in [0.4, 0.5) is 0 Å². The van der Waals surface area contributed by atoms with Crippen LogP contribution in [-0.4, -0.2) is 32.4 Å². The monoisotopic (exact) mass is 472 g/mol. The minimum Gasteiger partial charge on any atom is -0.493 e. The highest BCUT2D eigenvalue weighted by molar-refractivity contribution is 14.1. The maximum Gasteiger partial charge on any atom is 0.271 e. The zero-order valence-electron chi connectivity index (χ0n) is 13.9. The van der Waals surface area contributed by atoms with Crippen LogP contribution in [0, 0.1) is 0 Å². The highest BCUT2D eigenvalue weighted by Crippen LogP contribution is 2.27. The molecule has 25 heavy (non-hydrogen) atoms. The van der Waals surface area contributed by atoms with Gasteiger partial charge in [-0.3, -0.25) is 4.79 Å². The van der Waals surface area contributed by atoms with E-state index in [1.807, 2.05) is 41.1 Å². The highest BCUT2D eigenvalue weighted by Gasteiger charge is 2.13. The Morgan fingerprint density at radius 3 is 2.40 bits per heavy atom. The molecule has 0 aromatic heterocycles. The lowest BCUT2D eigenvalue weighted by Crippen LogP contribution is -2.32. The van der Waals surface area contributed by atoms with E-state index in [0.29, 0.717) is 35.2 Å². The lowest BCUT2D eigenvalue weighted by atomic mass is 10.1. The molecule has 0 spiro atoms. The Balaban J connectivity index is 1.96. The minimum atomic E-state index is -0.225. The summed E-state index contributed by atoms with van der Waals surface area (Å²) < 4.78 is 14.6. The van der Waals surface area contributed by atoms with Gasteiger partial charge in [-0.2, -0.15) is 0 Å². The fourth-order valence-electron chi connectivity index (χ4n) is 2.27. The topological polar surface area (TPSA) is 59.9 Å². The van der Waals surface area contributed by atoms with Crippen LogP contribution >= 0.6 is 34.5 Å². The van der Waals surface area contributed by atoms with Gasteiger partial charge in [0.2, 0.25) is 0 Å². The van der Waals surface area contributed by atoms with Crippen molar-refractivity contribution >= 4 is 46.1 Å². The molecule has 0 bridgehead atoms. The molecule has 2 rings (SSSR count). The molecule has 1 N–H and O–H groups in total. The molecule has 0 saturated heterocycles. The van der Waals surface area contributed by atoms with Crippen LogP contribution in [-0.2, 0) is 11.2 Å². The predicted octanol–water partition coefficient (Wildman–Crippen LogP) is 3.86. The van der Waals surface area contributed by atoms with Gasteiger partial charge in [0.1, 0.15) is 5.71 Å². The van der Waals surface area contributed by atoms with Gasteiger partial charge in [-0.25, -0.2) is 3.21 Å². The van der Waals surface area contributed by atoms with Crippen molar-refractivity contribution in [2.75, 3.05) is 20.8 Å². The zero-order valence-corrected chi connectivity index (χ0v) is 16.8. The van der Waals surface area contributed by atoms with Crippen molar-refractivity contribution in [3.63, 3.8) is 0 Å². The quantitative estimate of drug-likeness (QED) is 0.492. The van der Waals surface area contributed by atoms with Crippen molar-refractivity contribution in [1.82, 2.24) is 5.32 Å². The van der Waals surface area contributed by atoms with Crippen LogP contribution in [0.25, 0.3) is 0 Å². The summed E-state index contributed by atoms with van der Waals surface area (Å²) in [6.45, 7) is 0.484. The van der Waals surface area contributed by atoms with E-state index in [-0.39, 0.29) is 5.91 Å². The Morgan fingerprint density at radius 1 is 1.12 bits per heavy atom. The largest absolute Gasteiger partial charge is 0.493 e. The van der Waals surface area contributed by atoms with Gasteiger partial charge < -0.3 is 14.8 Å². The number of hydrogen-bond acceptors (Lipinski definition) is 4. The molecule has 2 aromatic rings. The molecule has 0 saturated carbocycles. The molecular formula is C18H18ClIN2O3. The number of carbonyl (C=O) groups excluding carboxylic acids is 1. The normalized spacial score (nSPS) is 11.1. The first-order valence-corrected chi connectivity index (χ1v) is 8.87. The van der Waals surface area contributed by atoms with Gasteiger partial charge in [0.25, 0.3) is 5.91 Å². The van der Waals surface area contributed by atoms with E-state index in [9.17, 15) is 4.79 Å². The van der Waals surface area contributed by atoms with Gasteiger partial charge in [0.05, 0.1) is 37.1 Å². The van der Waals surface area contributed by atoms with E-state index in [2.05, 4.69) is 8.52 Å². The number of rotatable bonds is 7. The number of nitrogens with zero attached hydrogens (tertiary/aromatic N) is 1. The van der Waals surface area contributed by atoms with Gasteiger partial charge in [0, 0.05) is 17.1 Å². The average molecular weight is 473 g/mol. The van der Waals surface area contributed by atoms with Crippen LogP contribution in [0.3, 0.4) is 0 Å². The summed E-state index contributed by atoms with van der Waals surface area (Å²) in [5.74, 6) is 1.12. The molecule has 5 nitrogen and oxygen atoms in total. The van der Waals surface area contributed by atoms with Crippen LogP contribution in [0.2, 0.25) is 5.02 Å². The third-order valence-corrected chi connectivity index (χ3v) is 4.30. The van der Waals surface area contributed by atoms with Crippen molar-refractivity contribution < 1.29 is 14.3 Å². The standard InChI is InChI=1S/C18H18ClIN2O3/c1-24-15-8-3-12(11-16(15)25-2)9-10-21-18(23)17(22-20)13-4-6-14(19)7-5-13/h3-8,11H,9-10H2,1-2H3,(H,21,23)/b22-17-. The van der Waals surface area contributed by atoms with E-state index in [1.165, 1.54) is 0 Å². The third-order valence-electron chi connectivity index (χ3n) is 3.56. The fourth-order valence-corrected chi connectivity index (χ4v) is 2.89. The van der Waals surface area contributed by atoms with Crippen LogP contribution in [0.15, 0.2) is 45.7 Å². The molecule has 0 radical (unpaired) electrons. The summed E-state index contributed by atoms with van der Waals surface area (Å²) >= 11 is 7.70. The Morgan fingerprint density at radius 2 is 1.80 bits per heavy atom. The Bertz CT molecular complexity index is 763. The summed E-state index contributed by atoms with van der Waals surface area (Å²) in [7, 11) is 3.19. The molecule has 0 heterocycles. The predicted molar refractivity (Wildman–Crippen MR) is 108 cm³/mol. The zero-order chi connectivity index (χ0) is 18.2. The molecule has 0 atom stereocenters. The van der Waals surface area contributed by atoms with Crippen molar-refractivity contribution in [1.29, 1.82) is 0 Å².